The molecule has 33 heavy (non-hydrogen) atoms. The number of carbonyl (C=O) groups excluding carboxylic acids is 3. The SMILES string of the molecule is COc1cc(/C=C/C(=O)O[C@H](C(=O)[O-])[C@](O)(Cc2ccc(O)cc2)C(=O)[O-])cc(OC)c1O. The Bertz CT molecular complexity index is 1030. The highest BCUT2D eigenvalue weighted by molar-refractivity contribution is 5.92. The van der Waals surface area contributed by atoms with Crippen molar-refractivity contribution < 1.29 is 54.1 Å². The fraction of sp³-hybridized carbons (Fsp3) is 0.227. The summed E-state index contributed by atoms with van der Waals surface area (Å²) in [6.07, 6.45) is -1.54. The highest BCUT2D eigenvalue weighted by atomic mass is 16.6. The largest absolute Gasteiger partial charge is 0.547 e. The fourth-order valence-corrected chi connectivity index (χ4v) is 2.87. The number of phenols is 2. The number of ether oxygens (including phenoxy) is 3. The van der Waals surface area contributed by atoms with E-state index >= 15 is 0 Å². The Hall–Kier alpha value is -4.25. The summed E-state index contributed by atoms with van der Waals surface area (Å²) < 4.78 is 14.6. The molecule has 0 aliphatic rings. The van der Waals surface area contributed by atoms with Crippen LogP contribution in [0.25, 0.3) is 6.08 Å². The van der Waals surface area contributed by atoms with Gasteiger partial charge in [0.05, 0.1) is 26.2 Å². The molecule has 2 rings (SSSR count). The number of carboxylic acids is 2. The van der Waals surface area contributed by atoms with Gasteiger partial charge in [0.1, 0.15) is 11.4 Å². The van der Waals surface area contributed by atoms with Gasteiger partial charge in [0.25, 0.3) is 0 Å². The maximum absolute atomic E-state index is 12.2. The summed E-state index contributed by atoms with van der Waals surface area (Å²) in [6.45, 7) is 0. The standard InChI is InChI=1S/C22H22O11/c1-31-15-9-13(10-16(32-2)18(15)25)5-8-17(24)33-19(20(26)27)22(30,21(28)29)11-12-3-6-14(23)7-4-12/h3-10,19,23,25,30H,11H2,1-2H3,(H,26,27)(H,28,29)/p-2/b8-5+/t19-,22-/m1/s1. The van der Waals surface area contributed by atoms with Crippen LogP contribution in [0, 0.1) is 0 Å². The summed E-state index contributed by atoms with van der Waals surface area (Å²) >= 11 is 0. The molecule has 3 N–H and O–H groups in total. The Morgan fingerprint density at radius 3 is 2.03 bits per heavy atom. The van der Waals surface area contributed by atoms with Crippen LogP contribution in [-0.4, -0.2) is 59.2 Å². The van der Waals surface area contributed by atoms with Crippen LogP contribution in [0.3, 0.4) is 0 Å². The minimum Gasteiger partial charge on any atom is -0.547 e. The third-order valence-corrected chi connectivity index (χ3v) is 4.56. The van der Waals surface area contributed by atoms with Gasteiger partial charge < -0.3 is 49.3 Å². The lowest BCUT2D eigenvalue weighted by atomic mass is 9.88. The van der Waals surface area contributed by atoms with Crippen molar-refractivity contribution in [3.8, 4) is 23.0 Å². The van der Waals surface area contributed by atoms with Crippen molar-refractivity contribution in [1.82, 2.24) is 0 Å². The minimum absolute atomic E-state index is 0.0233. The first-order valence-corrected chi connectivity index (χ1v) is 9.28. The van der Waals surface area contributed by atoms with Crippen molar-refractivity contribution in [2.75, 3.05) is 14.2 Å². The molecule has 0 bridgehead atoms. The number of hydrogen-bond donors (Lipinski definition) is 3. The average Bonchev–Trinajstić information content (AvgIpc) is 2.77. The third-order valence-electron chi connectivity index (χ3n) is 4.56. The van der Waals surface area contributed by atoms with Gasteiger partial charge in [-0.2, -0.15) is 0 Å². The van der Waals surface area contributed by atoms with Crippen LogP contribution in [0.4, 0.5) is 0 Å². The molecule has 0 aliphatic heterocycles. The monoisotopic (exact) mass is 460 g/mol. The Labute approximate surface area is 187 Å². The molecule has 2 aromatic carbocycles. The minimum atomic E-state index is -3.18. The molecule has 0 fully saturated rings. The van der Waals surface area contributed by atoms with Crippen molar-refractivity contribution in [2.45, 2.75) is 18.1 Å². The van der Waals surface area contributed by atoms with Crippen LogP contribution in [0.1, 0.15) is 11.1 Å². The summed E-state index contributed by atoms with van der Waals surface area (Å²) in [5.74, 6) is -6.09. The smallest absolute Gasteiger partial charge is 0.331 e. The van der Waals surface area contributed by atoms with E-state index in [9.17, 15) is 39.9 Å². The van der Waals surface area contributed by atoms with Crippen LogP contribution >= 0.6 is 0 Å². The molecule has 11 heteroatoms. The van der Waals surface area contributed by atoms with Crippen molar-refractivity contribution >= 4 is 24.0 Å². The van der Waals surface area contributed by atoms with E-state index in [0.717, 1.165) is 12.2 Å². The Morgan fingerprint density at radius 2 is 1.58 bits per heavy atom. The molecule has 2 atom stereocenters. The van der Waals surface area contributed by atoms with Gasteiger partial charge in [0.2, 0.25) is 5.75 Å². The molecular formula is C22H20O11-2. The number of phenolic OH excluding ortho intramolecular Hbond substituents is 2. The summed E-state index contributed by atoms with van der Waals surface area (Å²) in [7, 11) is 2.57. The fourth-order valence-electron chi connectivity index (χ4n) is 2.87. The van der Waals surface area contributed by atoms with E-state index in [-0.39, 0.29) is 34.1 Å². The zero-order valence-corrected chi connectivity index (χ0v) is 17.5. The summed E-state index contributed by atoms with van der Waals surface area (Å²) in [4.78, 5) is 35.4. The lowest BCUT2D eigenvalue weighted by molar-refractivity contribution is -0.345. The third kappa shape index (κ3) is 5.92. The number of benzene rings is 2. The Kier molecular flexibility index (Phi) is 7.86. The molecule has 0 radical (unpaired) electrons. The van der Waals surface area contributed by atoms with Crippen molar-refractivity contribution in [3.63, 3.8) is 0 Å². The number of carboxylic acid groups (broad SMARTS) is 2. The summed E-state index contributed by atoms with van der Waals surface area (Å²) in [6, 6.07) is 7.52. The van der Waals surface area contributed by atoms with E-state index in [1.807, 2.05) is 0 Å². The molecule has 0 spiro atoms. The van der Waals surface area contributed by atoms with Gasteiger partial charge >= 0.3 is 5.97 Å². The van der Waals surface area contributed by atoms with Gasteiger partial charge in [-0.25, -0.2) is 4.79 Å². The van der Waals surface area contributed by atoms with E-state index in [0.29, 0.717) is 0 Å². The van der Waals surface area contributed by atoms with Crippen molar-refractivity contribution in [1.29, 1.82) is 0 Å². The second-order valence-electron chi connectivity index (χ2n) is 6.80. The molecular weight excluding hydrogens is 440 g/mol. The second kappa shape index (κ2) is 10.4. The van der Waals surface area contributed by atoms with Gasteiger partial charge in [-0.1, -0.05) is 12.1 Å². The van der Waals surface area contributed by atoms with E-state index in [1.165, 1.54) is 50.6 Å². The zero-order chi connectivity index (χ0) is 24.8. The van der Waals surface area contributed by atoms with Gasteiger partial charge in [-0.15, -0.1) is 0 Å². The summed E-state index contributed by atoms with van der Waals surface area (Å²) in [5.41, 5.74) is -2.78. The first-order valence-electron chi connectivity index (χ1n) is 9.28. The molecule has 0 saturated carbocycles. The number of methoxy groups -OCH3 is 2. The normalized spacial score (nSPS) is 13.7. The second-order valence-corrected chi connectivity index (χ2v) is 6.80. The van der Waals surface area contributed by atoms with E-state index in [1.54, 1.807) is 0 Å². The van der Waals surface area contributed by atoms with Gasteiger partial charge in [-0.05, 0) is 41.5 Å². The summed E-state index contributed by atoms with van der Waals surface area (Å²) in [5, 5.41) is 52.9. The number of rotatable bonds is 10. The molecule has 11 nitrogen and oxygen atoms in total. The molecule has 0 aliphatic carbocycles. The Morgan fingerprint density at radius 1 is 1.03 bits per heavy atom. The maximum atomic E-state index is 12.2. The molecule has 0 saturated heterocycles. The van der Waals surface area contributed by atoms with E-state index in [4.69, 9.17) is 9.47 Å². The number of aromatic hydroxyl groups is 2. The quantitative estimate of drug-likeness (QED) is 0.277. The number of hydrogen-bond acceptors (Lipinski definition) is 11. The van der Waals surface area contributed by atoms with E-state index < -0.39 is 36.0 Å². The van der Waals surface area contributed by atoms with Crippen molar-refractivity contribution in [2.24, 2.45) is 0 Å². The Balaban J connectivity index is 2.28. The van der Waals surface area contributed by atoms with Crippen LogP contribution < -0.4 is 19.7 Å². The highest BCUT2D eigenvalue weighted by Crippen LogP contribution is 2.37. The number of aliphatic carboxylic acids is 2. The number of carbonyl (C=O) groups is 3. The molecule has 0 amide bonds. The van der Waals surface area contributed by atoms with E-state index in [2.05, 4.69) is 4.74 Å². The number of esters is 1. The van der Waals surface area contributed by atoms with Crippen LogP contribution in [0.15, 0.2) is 42.5 Å². The van der Waals surface area contributed by atoms with Crippen LogP contribution in [0.2, 0.25) is 0 Å². The van der Waals surface area contributed by atoms with Crippen LogP contribution in [-0.2, 0) is 25.5 Å². The maximum Gasteiger partial charge on any atom is 0.331 e. The van der Waals surface area contributed by atoms with Gasteiger partial charge in [0, 0.05) is 12.5 Å². The number of aliphatic hydroxyl groups is 1. The predicted octanol–water partition coefficient (Wildman–Crippen LogP) is -1.49. The molecule has 0 unspecified atom stereocenters. The molecule has 0 aromatic heterocycles. The average molecular weight is 460 g/mol. The molecule has 2 aromatic rings. The van der Waals surface area contributed by atoms with Crippen molar-refractivity contribution in [3.05, 3.63) is 53.6 Å². The van der Waals surface area contributed by atoms with Crippen LogP contribution in [0.5, 0.6) is 23.0 Å². The highest BCUT2D eigenvalue weighted by Gasteiger charge is 2.42. The predicted molar refractivity (Wildman–Crippen MR) is 107 cm³/mol. The topological polar surface area (TPSA) is 186 Å². The molecule has 176 valence electrons. The van der Waals surface area contributed by atoms with Gasteiger partial charge in [-0.3, -0.25) is 0 Å². The molecule has 0 heterocycles. The lowest BCUT2D eigenvalue weighted by Gasteiger charge is -2.36. The van der Waals surface area contributed by atoms with Gasteiger partial charge in [0.15, 0.2) is 17.6 Å². The zero-order valence-electron chi connectivity index (χ0n) is 17.5. The lowest BCUT2D eigenvalue weighted by Crippen LogP contribution is -2.64. The first-order chi connectivity index (χ1) is 15.5. The first kappa shape index (κ1) is 25.0.